The minimum atomic E-state index is -2.80. The van der Waals surface area contributed by atoms with Crippen molar-refractivity contribution in [1.29, 1.82) is 0 Å². The molecule has 152 valence electrons. The number of pyridine rings is 1. The number of hydrogen-bond acceptors (Lipinski definition) is 6. The van der Waals surface area contributed by atoms with E-state index >= 15 is 0 Å². The van der Waals surface area contributed by atoms with E-state index in [0.29, 0.717) is 28.6 Å². The molecule has 0 fully saturated rings. The van der Waals surface area contributed by atoms with E-state index in [2.05, 4.69) is 15.2 Å². The van der Waals surface area contributed by atoms with Gasteiger partial charge in [-0.25, -0.2) is 0 Å². The Balaban J connectivity index is 1.50. The quantitative estimate of drug-likeness (QED) is 0.293. The largest absolute Gasteiger partial charge is 1.20 e. The molecule has 0 N–H and O–H groups in total. The Labute approximate surface area is 189 Å². The number of fused-ring (bicyclic) bond motifs is 5. The molecule has 1 aliphatic heterocycles. The lowest BCUT2D eigenvalue weighted by Crippen LogP contribution is -2.37. The van der Waals surface area contributed by atoms with Crippen LogP contribution in [0.1, 0.15) is 0 Å². The molecule has 5 aromatic rings. The molecule has 6 nitrogen and oxygen atoms in total. The fourth-order valence-electron chi connectivity index (χ4n) is 3.73. The molecule has 6 rings (SSSR count). The van der Waals surface area contributed by atoms with Crippen LogP contribution in [0.15, 0.2) is 107 Å². The molecule has 0 amide bonds. The van der Waals surface area contributed by atoms with Gasteiger partial charge in [0.05, 0.1) is 0 Å². The molecule has 0 atom stereocenters. The highest BCUT2D eigenvalue weighted by Crippen LogP contribution is 2.40. The summed E-state index contributed by atoms with van der Waals surface area (Å²) >= 11 is -2.80. The van der Waals surface area contributed by atoms with Crippen molar-refractivity contribution < 1.29 is 11.4 Å². The number of aromatic nitrogens is 1. The first kappa shape index (κ1) is 18.8. The minimum Gasteiger partial charge on any atom is -0.576 e. The molecule has 7 heteroatoms. The van der Waals surface area contributed by atoms with Gasteiger partial charge in [-0.1, -0.05) is 60.7 Å². The van der Waals surface area contributed by atoms with Crippen LogP contribution in [0, 0.1) is 0 Å². The summed E-state index contributed by atoms with van der Waals surface area (Å²) in [7, 11) is 0. The fourth-order valence-corrected chi connectivity index (χ4v) is 5.12. The minimum absolute atomic E-state index is 0.568. The van der Waals surface area contributed by atoms with Gasteiger partial charge in [-0.2, -0.15) is 0 Å². The van der Waals surface area contributed by atoms with Crippen molar-refractivity contribution in [1.82, 2.24) is 4.98 Å². The predicted molar refractivity (Wildman–Crippen MR) is 124 cm³/mol. The summed E-state index contributed by atoms with van der Waals surface area (Å²) in [5, 5.41) is 11.8. The zero-order chi connectivity index (χ0) is 21.3. The van der Waals surface area contributed by atoms with E-state index in [1.54, 1.807) is 6.20 Å². The van der Waals surface area contributed by atoms with Crippen LogP contribution >= 0.6 is 0 Å². The molecular formula is C25H16AlN3O3. The number of benzene rings is 4. The Morgan fingerprint density at radius 2 is 1.47 bits per heavy atom. The molecule has 1 aliphatic rings. The lowest BCUT2D eigenvalue weighted by Gasteiger charge is -2.18. The number of para-hydroxylation sites is 2. The topological polar surface area (TPSA) is 65.3 Å². The van der Waals surface area contributed by atoms with Gasteiger partial charge in [-0.3, -0.25) is 4.98 Å². The van der Waals surface area contributed by atoms with E-state index in [0.717, 1.165) is 21.7 Å². The Morgan fingerprint density at radius 1 is 0.656 bits per heavy atom. The van der Waals surface area contributed by atoms with Gasteiger partial charge < -0.3 is 11.4 Å². The normalized spacial score (nSPS) is 12.7. The first-order valence-electron chi connectivity index (χ1n) is 10.2. The van der Waals surface area contributed by atoms with Crippen molar-refractivity contribution in [3.05, 3.63) is 97.2 Å². The van der Waals surface area contributed by atoms with Crippen molar-refractivity contribution in [2.24, 2.45) is 10.2 Å². The van der Waals surface area contributed by atoms with Gasteiger partial charge in [-0.15, -0.1) is 10.2 Å². The van der Waals surface area contributed by atoms with Crippen LogP contribution in [-0.4, -0.2) is 20.1 Å². The van der Waals surface area contributed by atoms with Gasteiger partial charge in [0, 0.05) is 17.0 Å². The first-order valence-corrected chi connectivity index (χ1v) is 11.6. The maximum Gasteiger partial charge on any atom is 1.20 e. The van der Waals surface area contributed by atoms with Crippen LogP contribution in [0.5, 0.6) is 17.2 Å². The van der Waals surface area contributed by atoms with Crippen molar-refractivity contribution in [2.45, 2.75) is 0 Å². The van der Waals surface area contributed by atoms with Crippen LogP contribution in [0.4, 0.5) is 11.4 Å². The molecule has 0 saturated carbocycles. The smallest absolute Gasteiger partial charge is 0.576 e. The van der Waals surface area contributed by atoms with E-state index < -0.39 is 15.1 Å². The van der Waals surface area contributed by atoms with E-state index in [4.69, 9.17) is 11.4 Å². The van der Waals surface area contributed by atoms with Crippen LogP contribution in [0.3, 0.4) is 0 Å². The lowest BCUT2D eigenvalue weighted by atomic mass is 10.1. The molecule has 0 aliphatic carbocycles. The molecule has 0 radical (unpaired) electrons. The highest BCUT2D eigenvalue weighted by atomic mass is 27.3. The lowest BCUT2D eigenvalue weighted by molar-refractivity contribution is 0.311. The van der Waals surface area contributed by atoms with Gasteiger partial charge in [0.2, 0.25) is 0 Å². The Kier molecular flexibility index (Phi) is 4.69. The number of hydrogen-bond donors (Lipinski definition) is 0. The van der Waals surface area contributed by atoms with E-state index in [1.165, 1.54) is 0 Å². The Hall–Kier alpha value is -3.92. The van der Waals surface area contributed by atoms with Crippen LogP contribution < -0.4 is 11.4 Å². The molecule has 0 unspecified atom stereocenters. The molecule has 0 spiro atoms. The SMILES string of the molecule is c1ccc2c(c1)N=Nc1ccc3ccccc3c1[O][Al]([O]c1cccc3cccnc13)[O]2. The van der Waals surface area contributed by atoms with Gasteiger partial charge in [0.25, 0.3) is 0 Å². The second kappa shape index (κ2) is 7.97. The summed E-state index contributed by atoms with van der Waals surface area (Å²) in [6.07, 6.45) is 1.75. The monoisotopic (exact) mass is 433 g/mol. The summed E-state index contributed by atoms with van der Waals surface area (Å²) < 4.78 is 19.1. The molecule has 0 bridgehead atoms. The van der Waals surface area contributed by atoms with E-state index in [-0.39, 0.29) is 0 Å². The number of azo groups is 1. The Bertz CT molecular complexity index is 1480. The van der Waals surface area contributed by atoms with E-state index in [9.17, 15) is 0 Å². The van der Waals surface area contributed by atoms with Gasteiger partial charge in [-0.05, 0) is 35.7 Å². The van der Waals surface area contributed by atoms with Crippen LogP contribution in [0.2, 0.25) is 0 Å². The average molecular weight is 433 g/mol. The fraction of sp³-hybridized carbons (Fsp3) is 0. The highest BCUT2D eigenvalue weighted by Gasteiger charge is 2.46. The first-order chi connectivity index (χ1) is 15.8. The predicted octanol–water partition coefficient (Wildman–Crippen LogP) is 6.64. The third-order valence-electron chi connectivity index (χ3n) is 5.25. The van der Waals surface area contributed by atoms with Gasteiger partial charge >= 0.3 is 15.1 Å². The average Bonchev–Trinajstić information content (AvgIpc) is 2.91. The van der Waals surface area contributed by atoms with E-state index in [1.807, 2.05) is 91.0 Å². The van der Waals surface area contributed by atoms with Crippen molar-refractivity contribution in [3.8, 4) is 17.2 Å². The zero-order valence-electron chi connectivity index (χ0n) is 16.9. The summed E-state index contributed by atoms with van der Waals surface area (Å²) in [5.74, 6) is 1.79. The van der Waals surface area contributed by atoms with Crippen molar-refractivity contribution in [2.75, 3.05) is 0 Å². The van der Waals surface area contributed by atoms with Crippen LogP contribution in [-0.2, 0) is 0 Å². The molecule has 0 saturated heterocycles. The molecule has 32 heavy (non-hydrogen) atoms. The second-order valence-electron chi connectivity index (χ2n) is 7.28. The third-order valence-corrected chi connectivity index (χ3v) is 6.57. The number of nitrogens with zero attached hydrogens (tertiary/aromatic N) is 3. The number of rotatable bonds is 2. The van der Waals surface area contributed by atoms with Crippen molar-refractivity contribution >= 4 is 48.2 Å². The summed E-state index contributed by atoms with van der Waals surface area (Å²) in [4.78, 5) is 4.49. The summed E-state index contributed by atoms with van der Waals surface area (Å²) in [6.45, 7) is 0. The molecule has 1 aromatic heterocycles. The van der Waals surface area contributed by atoms with Gasteiger partial charge in [0.15, 0.2) is 0 Å². The zero-order valence-corrected chi connectivity index (χ0v) is 18.0. The van der Waals surface area contributed by atoms with Crippen LogP contribution in [0.25, 0.3) is 21.7 Å². The third kappa shape index (κ3) is 3.44. The maximum atomic E-state index is 6.45. The van der Waals surface area contributed by atoms with Crippen molar-refractivity contribution in [3.63, 3.8) is 0 Å². The maximum absolute atomic E-state index is 6.45. The standard InChI is InChI=1S/C16H12N2O2.C9H7NO.Al/c19-15-8-4-3-7-13(15)17-18-14-10-9-11-5-1-2-6-12(11)16(14)20;11-8-5-1-3-7-4-2-6-10-9(7)8;/h1-10,19-20H;1-6,11H;/q;;+3/p-3. The van der Waals surface area contributed by atoms with Gasteiger partial charge in [0.1, 0.15) is 34.1 Å². The summed E-state index contributed by atoms with van der Waals surface area (Å²) in [6, 6.07) is 29.1. The summed E-state index contributed by atoms with van der Waals surface area (Å²) in [5.41, 5.74) is 2.01. The highest BCUT2D eigenvalue weighted by molar-refractivity contribution is 6.40. The molecular weight excluding hydrogens is 417 g/mol. The Morgan fingerprint density at radius 3 is 2.47 bits per heavy atom. The molecule has 4 aromatic carbocycles. The second-order valence-corrected chi connectivity index (χ2v) is 8.56. The molecule has 2 heterocycles.